The highest BCUT2D eigenvalue weighted by Crippen LogP contribution is 2.16. The molecule has 6 heteroatoms. The van der Waals surface area contributed by atoms with Crippen LogP contribution in [-0.4, -0.2) is 26.2 Å². The molecule has 0 aliphatic carbocycles. The molecule has 1 heterocycles. The van der Waals surface area contributed by atoms with Crippen LogP contribution >= 0.6 is 12.2 Å². The number of hydrogen-bond donors (Lipinski definition) is 2. The van der Waals surface area contributed by atoms with Gasteiger partial charge in [0.2, 0.25) is 0 Å². The van der Waals surface area contributed by atoms with E-state index in [9.17, 15) is 4.79 Å². The van der Waals surface area contributed by atoms with Gasteiger partial charge in [-0.1, -0.05) is 26.1 Å². The first-order chi connectivity index (χ1) is 7.96. The standard InChI is InChI=1S/C11H18N4OS/c1-4-11(5-2,10(12)17)14-9(16)8-6-7-13-15(8)3/h6-7H,4-5H2,1-3H3,(H2,12,17)(H,14,16). The van der Waals surface area contributed by atoms with Crippen molar-refractivity contribution in [1.29, 1.82) is 0 Å². The van der Waals surface area contributed by atoms with Crippen molar-refractivity contribution in [2.45, 2.75) is 32.2 Å². The molecule has 3 N–H and O–H groups in total. The van der Waals surface area contributed by atoms with Gasteiger partial charge in [-0.3, -0.25) is 9.48 Å². The molecule has 0 aliphatic rings. The molecule has 0 atom stereocenters. The molecule has 0 aromatic carbocycles. The van der Waals surface area contributed by atoms with Crippen molar-refractivity contribution in [3.63, 3.8) is 0 Å². The number of thiocarbonyl (C=S) groups is 1. The molecule has 0 saturated carbocycles. The van der Waals surface area contributed by atoms with E-state index >= 15 is 0 Å². The number of carbonyl (C=O) groups is 1. The zero-order valence-electron chi connectivity index (χ0n) is 10.4. The Morgan fingerprint density at radius 2 is 2.18 bits per heavy atom. The fourth-order valence-electron chi connectivity index (χ4n) is 1.71. The van der Waals surface area contributed by atoms with Gasteiger partial charge < -0.3 is 11.1 Å². The van der Waals surface area contributed by atoms with Gasteiger partial charge in [-0.05, 0) is 18.9 Å². The van der Waals surface area contributed by atoms with E-state index < -0.39 is 5.54 Å². The van der Waals surface area contributed by atoms with Gasteiger partial charge in [-0.25, -0.2) is 0 Å². The quantitative estimate of drug-likeness (QED) is 0.769. The number of aryl methyl sites for hydroxylation is 1. The first-order valence-corrected chi connectivity index (χ1v) is 5.98. The minimum atomic E-state index is -0.614. The predicted molar refractivity (Wildman–Crippen MR) is 70.8 cm³/mol. The predicted octanol–water partition coefficient (Wildman–Crippen LogP) is 0.995. The van der Waals surface area contributed by atoms with Gasteiger partial charge in [-0.2, -0.15) is 5.10 Å². The molecule has 0 fully saturated rings. The Kier molecular flexibility index (Phi) is 4.22. The number of aromatic nitrogens is 2. The number of hydrogen-bond acceptors (Lipinski definition) is 3. The molecule has 1 aromatic rings. The van der Waals surface area contributed by atoms with Crippen LogP contribution in [0.2, 0.25) is 0 Å². The Morgan fingerprint density at radius 1 is 1.59 bits per heavy atom. The number of amides is 1. The molecule has 1 amide bonds. The monoisotopic (exact) mass is 254 g/mol. The van der Waals surface area contributed by atoms with E-state index in [1.54, 1.807) is 19.3 Å². The summed E-state index contributed by atoms with van der Waals surface area (Å²) in [5, 5.41) is 6.86. The van der Waals surface area contributed by atoms with Gasteiger partial charge in [-0.15, -0.1) is 0 Å². The normalized spacial score (nSPS) is 11.2. The second kappa shape index (κ2) is 5.27. The summed E-state index contributed by atoms with van der Waals surface area (Å²) in [6.07, 6.45) is 2.92. The van der Waals surface area contributed by atoms with Gasteiger partial charge in [0.1, 0.15) is 5.69 Å². The first kappa shape index (κ1) is 13.6. The largest absolute Gasteiger partial charge is 0.391 e. The zero-order chi connectivity index (χ0) is 13.1. The summed E-state index contributed by atoms with van der Waals surface area (Å²) in [4.78, 5) is 12.4. The Balaban J connectivity index is 2.93. The molecule has 1 aromatic heterocycles. The summed E-state index contributed by atoms with van der Waals surface area (Å²) in [6, 6.07) is 1.66. The van der Waals surface area contributed by atoms with Crippen LogP contribution < -0.4 is 11.1 Å². The number of nitrogens with zero attached hydrogens (tertiary/aromatic N) is 2. The minimum Gasteiger partial charge on any atom is -0.391 e. The number of rotatable bonds is 5. The Morgan fingerprint density at radius 3 is 2.53 bits per heavy atom. The molecule has 94 valence electrons. The molecule has 0 saturated heterocycles. The molecule has 0 bridgehead atoms. The molecule has 17 heavy (non-hydrogen) atoms. The zero-order valence-corrected chi connectivity index (χ0v) is 11.2. The van der Waals surface area contributed by atoms with Gasteiger partial charge >= 0.3 is 0 Å². The molecule has 0 unspecified atom stereocenters. The van der Waals surface area contributed by atoms with E-state index in [2.05, 4.69) is 10.4 Å². The number of carbonyl (C=O) groups excluding carboxylic acids is 1. The minimum absolute atomic E-state index is 0.207. The highest BCUT2D eigenvalue weighted by Gasteiger charge is 2.32. The van der Waals surface area contributed by atoms with Gasteiger partial charge in [0, 0.05) is 13.2 Å². The number of nitrogens with one attached hydrogen (secondary N) is 1. The number of nitrogens with two attached hydrogens (primary N) is 1. The third-order valence-corrected chi connectivity index (χ3v) is 3.48. The van der Waals surface area contributed by atoms with Crippen LogP contribution in [0.25, 0.3) is 0 Å². The Labute approximate surface area is 106 Å². The highest BCUT2D eigenvalue weighted by atomic mass is 32.1. The lowest BCUT2D eigenvalue weighted by Gasteiger charge is -2.31. The van der Waals surface area contributed by atoms with Gasteiger partial charge in [0.25, 0.3) is 5.91 Å². The highest BCUT2D eigenvalue weighted by molar-refractivity contribution is 7.80. The molecular weight excluding hydrogens is 236 g/mol. The van der Waals surface area contributed by atoms with Crippen molar-refractivity contribution in [1.82, 2.24) is 15.1 Å². The third kappa shape index (κ3) is 2.63. The van der Waals surface area contributed by atoms with Crippen LogP contribution in [0.1, 0.15) is 37.2 Å². The second-order valence-electron chi connectivity index (χ2n) is 3.95. The molecular formula is C11H18N4OS. The van der Waals surface area contributed by atoms with Crippen molar-refractivity contribution >= 4 is 23.1 Å². The maximum atomic E-state index is 12.1. The third-order valence-electron chi connectivity index (χ3n) is 3.09. The molecule has 0 spiro atoms. The van der Waals surface area contributed by atoms with E-state index in [0.29, 0.717) is 23.5 Å². The average Bonchev–Trinajstić information content (AvgIpc) is 2.72. The summed E-state index contributed by atoms with van der Waals surface area (Å²) >= 11 is 5.05. The van der Waals surface area contributed by atoms with E-state index in [-0.39, 0.29) is 5.91 Å². The lowest BCUT2D eigenvalue weighted by molar-refractivity contribution is 0.0910. The van der Waals surface area contributed by atoms with Crippen molar-refractivity contribution in [2.24, 2.45) is 12.8 Å². The van der Waals surface area contributed by atoms with Crippen molar-refractivity contribution in [2.75, 3.05) is 0 Å². The summed E-state index contributed by atoms with van der Waals surface area (Å²) in [5.74, 6) is -0.207. The first-order valence-electron chi connectivity index (χ1n) is 5.57. The molecule has 0 aliphatic heterocycles. The van der Waals surface area contributed by atoms with Gasteiger partial charge in [0.15, 0.2) is 0 Å². The average molecular weight is 254 g/mol. The van der Waals surface area contributed by atoms with Crippen LogP contribution in [-0.2, 0) is 7.05 Å². The summed E-state index contributed by atoms with van der Waals surface area (Å²) < 4.78 is 1.52. The van der Waals surface area contributed by atoms with Crippen molar-refractivity contribution < 1.29 is 4.79 Å². The second-order valence-corrected chi connectivity index (χ2v) is 4.39. The lowest BCUT2D eigenvalue weighted by atomic mass is 9.92. The van der Waals surface area contributed by atoms with Crippen molar-refractivity contribution in [3.05, 3.63) is 18.0 Å². The fourth-order valence-corrected chi connectivity index (χ4v) is 2.05. The Bertz CT molecular complexity index is 423. The van der Waals surface area contributed by atoms with Crippen molar-refractivity contribution in [3.8, 4) is 0 Å². The maximum absolute atomic E-state index is 12.1. The van der Waals surface area contributed by atoms with E-state index in [1.165, 1.54) is 4.68 Å². The van der Waals surface area contributed by atoms with E-state index in [4.69, 9.17) is 18.0 Å². The summed E-state index contributed by atoms with van der Waals surface area (Å²) in [6.45, 7) is 3.90. The molecule has 0 radical (unpaired) electrons. The molecule has 1 rings (SSSR count). The summed E-state index contributed by atoms with van der Waals surface area (Å²) in [5.41, 5.74) is 5.61. The Hall–Kier alpha value is -1.43. The van der Waals surface area contributed by atoms with Crippen LogP contribution in [0.15, 0.2) is 12.3 Å². The van der Waals surface area contributed by atoms with Crippen LogP contribution in [0, 0.1) is 0 Å². The maximum Gasteiger partial charge on any atom is 0.270 e. The van der Waals surface area contributed by atoms with Crippen LogP contribution in [0.4, 0.5) is 0 Å². The lowest BCUT2D eigenvalue weighted by Crippen LogP contribution is -2.56. The van der Waals surface area contributed by atoms with Crippen LogP contribution in [0.5, 0.6) is 0 Å². The topological polar surface area (TPSA) is 72.9 Å². The SMILES string of the molecule is CCC(CC)(NC(=O)c1ccnn1C)C(N)=S. The van der Waals surface area contributed by atoms with Gasteiger partial charge in [0.05, 0.1) is 10.5 Å². The molecule has 5 nitrogen and oxygen atoms in total. The fraction of sp³-hybridized carbons (Fsp3) is 0.545. The van der Waals surface area contributed by atoms with E-state index in [0.717, 1.165) is 0 Å². The van der Waals surface area contributed by atoms with E-state index in [1.807, 2.05) is 13.8 Å². The smallest absolute Gasteiger partial charge is 0.270 e. The summed E-state index contributed by atoms with van der Waals surface area (Å²) in [7, 11) is 1.72. The van der Waals surface area contributed by atoms with Crippen LogP contribution in [0.3, 0.4) is 0 Å².